The van der Waals surface area contributed by atoms with Gasteiger partial charge in [-0.2, -0.15) is 0 Å². The molecule has 9 aromatic carbocycles. The zero-order valence-corrected chi connectivity index (χ0v) is 32.0. The average Bonchev–Trinajstić information content (AvgIpc) is 3.98. The van der Waals surface area contributed by atoms with Gasteiger partial charge in [-0.15, -0.1) is 11.3 Å². The van der Waals surface area contributed by atoms with Crippen molar-refractivity contribution in [2.75, 3.05) is 4.90 Å². The number of rotatable bonds is 6. The zero-order chi connectivity index (χ0) is 38.2. The smallest absolute Gasteiger partial charge is 0.143 e. The molecule has 0 bridgehead atoms. The van der Waals surface area contributed by atoms with Crippen LogP contribution < -0.4 is 4.90 Å². The van der Waals surface area contributed by atoms with Crippen molar-refractivity contribution in [2.45, 2.75) is 0 Å². The molecule has 58 heavy (non-hydrogen) atoms. The molecule has 4 heteroatoms. The number of nitrogens with zero attached hydrogens (tertiary/aromatic N) is 1. The van der Waals surface area contributed by atoms with E-state index in [1.165, 1.54) is 31.3 Å². The SMILES string of the molecule is c1ccc(-c2cccc3c2oc2ccc(-c4ccc(N(c5ccc6c(c5)oc5ccccc56)c5ccc6c(c5)sc5c(-c7ccccc7)cccc56)cc4)cc23)cc1. The first-order valence-corrected chi connectivity index (χ1v) is 20.4. The van der Waals surface area contributed by atoms with Crippen LogP contribution in [0.1, 0.15) is 0 Å². The van der Waals surface area contributed by atoms with E-state index in [0.29, 0.717) is 0 Å². The lowest BCUT2D eigenvalue weighted by Crippen LogP contribution is -2.09. The number of anilines is 3. The van der Waals surface area contributed by atoms with Crippen LogP contribution in [0.4, 0.5) is 17.1 Å². The van der Waals surface area contributed by atoms with Gasteiger partial charge in [0.25, 0.3) is 0 Å². The first kappa shape index (κ1) is 32.8. The Hall–Kier alpha value is -7.40. The molecule has 3 heterocycles. The largest absolute Gasteiger partial charge is 0.456 e. The number of thiophene rings is 1. The Morgan fingerprint density at radius 2 is 0.931 bits per heavy atom. The summed E-state index contributed by atoms with van der Waals surface area (Å²) in [4.78, 5) is 2.34. The minimum Gasteiger partial charge on any atom is -0.456 e. The molecule has 0 unspecified atom stereocenters. The maximum absolute atomic E-state index is 6.49. The van der Waals surface area contributed by atoms with E-state index in [1.54, 1.807) is 0 Å². The predicted molar refractivity (Wildman–Crippen MR) is 245 cm³/mol. The standard InChI is InChI=1S/C54H33NO2S/c1-3-11-35(12-4-1)41-16-9-18-46-48-31-37(23-30-50(48)57-53(41)46)34-21-24-38(25-22-34)55(39-26-28-44-43-15-7-8-20-49(43)56-51(44)32-39)40-27-29-45-47-19-10-17-42(36-13-5-2-6-14-36)54(47)58-52(45)33-40/h1-33H. The van der Waals surface area contributed by atoms with Gasteiger partial charge in [0, 0.05) is 70.4 Å². The predicted octanol–water partition coefficient (Wildman–Crippen LogP) is 16.3. The molecule has 12 rings (SSSR count). The van der Waals surface area contributed by atoms with Crippen molar-refractivity contribution in [3.63, 3.8) is 0 Å². The molecule has 0 spiro atoms. The van der Waals surface area contributed by atoms with E-state index in [1.807, 2.05) is 29.5 Å². The van der Waals surface area contributed by atoms with Crippen molar-refractivity contribution < 1.29 is 8.83 Å². The van der Waals surface area contributed by atoms with Crippen LogP contribution in [0.3, 0.4) is 0 Å². The van der Waals surface area contributed by atoms with Crippen molar-refractivity contribution >= 4 is 92.4 Å². The highest BCUT2D eigenvalue weighted by Gasteiger charge is 2.19. The van der Waals surface area contributed by atoms with E-state index >= 15 is 0 Å². The number of hydrogen-bond acceptors (Lipinski definition) is 4. The van der Waals surface area contributed by atoms with Gasteiger partial charge >= 0.3 is 0 Å². The van der Waals surface area contributed by atoms with E-state index in [0.717, 1.165) is 83.2 Å². The molecule has 0 amide bonds. The molecular weight excluding hydrogens is 727 g/mol. The van der Waals surface area contributed by atoms with Crippen molar-refractivity contribution in [2.24, 2.45) is 0 Å². The number of benzene rings is 9. The highest BCUT2D eigenvalue weighted by Crippen LogP contribution is 2.45. The molecule has 0 aliphatic rings. The van der Waals surface area contributed by atoms with Gasteiger partial charge in [0.2, 0.25) is 0 Å². The Bertz CT molecular complexity index is 3500. The number of furan rings is 2. The van der Waals surface area contributed by atoms with Crippen molar-refractivity contribution in [3.8, 4) is 33.4 Å². The minimum absolute atomic E-state index is 0.867. The quantitative estimate of drug-likeness (QED) is 0.169. The summed E-state index contributed by atoms with van der Waals surface area (Å²) in [5.74, 6) is 0. The molecule has 0 saturated heterocycles. The normalized spacial score (nSPS) is 11.8. The second-order valence-electron chi connectivity index (χ2n) is 14.9. The van der Waals surface area contributed by atoms with Gasteiger partial charge in [0.1, 0.15) is 22.3 Å². The van der Waals surface area contributed by atoms with Crippen LogP contribution in [0.25, 0.3) is 97.4 Å². The van der Waals surface area contributed by atoms with Crippen LogP contribution in [0.2, 0.25) is 0 Å². The number of para-hydroxylation sites is 2. The van der Waals surface area contributed by atoms with Crippen LogP contribution in [-0.4, -0.2) is 0 Å². The summed E-state index contributed by atoms with van der Waals surface area (Å²) in [6, 6.07) is 71.4. The molecule has 0 N–H and O–H groups in total. The lowest BCUT2D eigenvalue weighted by Gasteiger charge is -2.26. The Labute approximate surface area is 338 Å². The van der Waals surface area contributed by atoms with Gasteiger partial charge in [-0.1, -0.05) is 140 Å². The molecule has 0 aliphatic carbocycles. The molecule has 0 radical (unpaired) electrons. The Kier molecular flexibility index (Phi) is 7.40. The Morgan fingerprint density at radius 1 is 0.328 bits per heavy atom. The van der Waals surface area contributed by atoms with Crippen molar-refractivity contribution in [3.05, 3.63) is 200 Å². The molecule has 272 valence electrons. The van der Waals surface area contributed by atoms with Crippen LogP contribution in [-0.2, 0) is 0 Å². The molecule has 3 aromatic heterocycles. The summed E-state index contributed by atoms with van der Waals surface area (Å²) in [5.41, 5.74) is 13.8. The zero-order valence-electron chi connectivity index (χ0n) is 31.2. The highest BCUT2D eigenvalue weighted by molar-refractivity contribution is 7.26. The van der Waals surface area contributed by atoms with Gasteiger partial charge in [-0.3, -0.25) is 0 Å². The van der Waals surface area contributed by atoms with E-state index in [-0.39, 0.29) is 0 Å². The summed E-state index contributed by atoms with van der Waals surface area (Å²) < 4.78 is 15.5. The van der Waals surface area contributed by atoms with Crippen molar-refractivity contribution in [1.82, 2.24) is 0 Å². The Balaban J connectivity index is 0.978. The van der Waals surface area contributed by atoms with Crippen LogP contribution >= 0.6 is 11.3 Å². The summed E-state index contributed by atoms with van der Waals surface area (Å²) in [6.07, 6.45) is 0. The van der Waals surface area contributed by atoms with Gasteiger partial charge in [-0.05, 0) is 82.4 Å². The summed E-state index contributed by atoms with van der Waals surface area (Å²) in [5, 5.41) is 7.02. The molecule has 3 nitrogen and oxygen atoms in total. The fourth-order valence-corrected chi connectivity index (χ4v) is 9.97. The maximum atomic E-state index is 6.49. The van der Waals surface area contributed by atoms with Crippen LogP contribution in [0.5, 0.6) is 0 Å². The monoisotopic (exact) mass is 759 g/mol. The van der Waals surface area contributed by atoms with Crippen LogP contribution in [0, 0.1) is 0 Å². The summed E-state index contributed by atoms with van der Waals surface area (Å²) in [6.45, 7) is 0. The average molecular weight is 760 g/mol. The molecular formula is C54H33NO2S. The highest BCUT2D eigenvalue weighted by atomic mass is 32.1. The fourth-order valence-electron chi connectivity index (χ4n) is 8.70. The third kappa shape index (κ3) is 5.27. The third-order valence-electron chi connectivity index (χ3n) is 11.5. The fraction of sp³-hybridized carbons (Fsp3) is 0. The lowest BCUT2D eigenvalue weighted by molar-refractivity contribution is 0.669. The summed E-state index contributed by atoms with van der Waals surface area (Å²) >= 11 is 1.86. The van der Waals surface area contributed by atoms with E-state index in [9.17, 15) is 0 Å². The molecule has 0 fully saturated rings. The summed E-state index contributed by atoms with van der Waals surface area (Å²) in [7, 11) is 0. The first-order chi connectivity index (χ1) is 28.7. The minimum atomic E-state index is 0.867. The first-order valence-electron chi connectivity index (χ1n) is 19.6. The second kappa shape index (κ2) is 13.1. The number of hydrogen-bond donors (Lipinski definition) is 0. The van der Waals surface area contributed by atoms with Crippen LogP contribution in [0.15, 0.2) is 209 Å². The third-order valence-corrected chi connectivity index (χ3v) is 12.7. The van der Waals surface area contributed by atoms with Gasteiger partial charge in [0.15, 0.2) is 0 Å². The van der Waals surface area contributed by atoms with Gasteiger partial charge < -0.3 is 13.7 Å². The molecule has 0 atom stereocenters. The molecule has 0 saturated carbocycles. The van der Waals surface area contributed by atoms with Gasteiger partial charge in [0.05, 0.1) is 0 Å². The van der Waals surface area contributed by atoms with Crippen molar-refractivity contribution in [1.29, 1.82) is 0 Å². The second-order valence-corrected chi connectivity index (χ2v) is 15.9. The van der Waals surface area contributed by atoms with E-state index in [2.05, 4.69) is 187 Å². The lowest BCUT2D eigenvalue weighted by atomic mass is 10.00. The topological polar surface area (TPSA) is 29.5 Å². The van der Waals surface area contributed by atoms with E-state index in [4.69, 9.17) is 8.83 Å². The molecule has 12 aromatic rings. The van der Waals surface area contributed by atoms with Gasteiger partial charge in [-0.25, -0.2) is 0 Å². The maximum Gasteiger partial charge on any atom is 0.143 e. The van der Waals surface area contributed by atoms with E-state index < -0.39 is 0 Å². The number of fused-ring (bicyclic) bond motifs is 9. The Morgan fingerprint density at radius 3 is 1.74 bits per heavy atom. The molecule has 0 aliphatic heterocycles.